The second-order valence-electron chi connectivity index (χ2n) is 6.74. The molecule has 2 bridgehead atoms. The van der Waals surface area contributed by atoms with Crippen LogP contribution in [0.5, 0.6) is 0 Å². The topological polar surface area (TPSA) is 42.2 Å². The molecule has 0 aromatic rings. The van der Waals surface area contributed by atoms with E-state index in [1.54, 1.807) is 0 Å². The van der Waals surface area contributed by atoms with Crippen LogP contribution in [0.1, 0.15) is 6.42 Å². The van der Waals surface area contributed by atoms with Crippen molar-refractivity contribution in [3.05, 3.63) is 0 Å². The summed E-state index contributed by atoms with van der Waals surface area (Å²) in [5.74, 6) is 4.05. The van der Waals surface area contributed by atoms with Crippen molar-refractivity contribution in [2.45, 2.75) is 16.5 Å². The molecular formula is C13H12BrNO2. The normalized spacial score (nSPS) is 73.2. The van der Waals surface area contributed by atoms with Crippen molar-refractivity contribution >= 4 is 15.9 Å². The summed E-state index contributed by atoms with van der Waals surface area (Å²) in [6, 6.07) is 2.44. The number of hydrogen-bond donors (Lipinski definition) is 0. The Morgan fingerprint density at radius 1 is 1.18 bits per heavy atom. The van der Waals surface area contributed by atoms with Gasteiger partial charge >= 0.3 is 0 Å². The summed E-state index contributed by atoms with van der Waals surface area (Å²) < 4.78 is 12.2. The Labute approximate surface area is 108 Å². The molecule has 6 aliphatic carbocycles. The van der Waals surface area contributed by atoms with Gasteiger partial charge in [0.2, 0.25) is 0 Å². The highest BCUT2D eigenvalue weighted by Gasteiger charge is 3.08. The summed E-state index contributed by atoms with van der Waals surface area (Å²) in [6.45, 7) is 1.50. The Balaban J connectivity index is 1.59. The summed E-state index contributed by atoms with van der Waals surface area (Å²) in [6.07, 6.45) is 0.764. The van der Waals surface area contributed by atoms with Crippen molar-refractivity contribution < 1.29 is 9.47 Å². The number of nitrogens with zero attached hydrogens (tertiary/aromatic N) is 1. The van der Waals surface area contributed by atoms with Crippen LogP contribution in [0, 0.1) is 52.3 Å². The zero-order valence-corrected chi connectivity index (χ0v) is 10.8. The molecule has 0 unspecified atom stereocenters. The lowest BCUT2D eigenvalue weighted by Crippen LogP contribution is -2.50. The molecule has 0 amide bonds. The minimum absolute atomic E-state index is 0.0675. The van der Waals surface area contributed by atoms with Crippen molar-refractivity contribution in [3.63, 3.8) is 0 Å². The zero-order valence-electron chi connectivity index (χ0n) is 9.23. The highest BCUT2D eigenvalue weighted by Crippen LogP contribution is 3.05. The van der Waals surface area contributed by atoms with Gasteiger partial charge in [0.05, 0.1) is 23.6 Å². The SMILES string of the molecule is N#CC[C@]12[C@@H]3[C@@H]4[C@H]5[C@@H]1[C@@H]2[C@@](Br)([C@@H]43)C51OCCO1. The Morgan fingerprint density at radius 3 is 2.47 bits per heavy atom. The van der Waals surface area contributed by atoms with Crippen LogP contribution in [0.4, 0.5) is 0 Å². The second-order valence-corrected chi connectivity index (χ2v) is 8.05. The molecule has 88 valence electrons. The predicted octanol–water partition coefficient (Wildman–Crippen LogP) is 1.53. The number of rotatable bonds is 1. The van der Waals surface area contributed by atoms with Gasteiger partial charge < -0.3 is 9.47 Å². The van der Waals surface area contributed by atoms with E-state index in [-0.39, 0.29) is 10.1 Å². The molecule has 7 rings (SSSR count). The van der Waals surface area contributed by atoms with E-state index in [0.29, 0.717) is 17.3 Å². The Kier molecular flexibility index (Phi) is 1.05. The molecule has 0 aromatic heterocycles. The van der Waals surface area contributed by atoms with E-state index in [4.69, 9.17) is 14.7 Å². The van der Waals surface area contributed by atoms with Crippen LogP contribution in [-0.2, 0) is 9.47 Å². The second kappa shape index (κ2) is 2.01. The fourth-order valence-corrected chi connectivity index (χ4v) is 8.89. The van der Waals surface area contributed by atoms with Gasteiger partial charge in [-0.15, -0.1) is 0 Å². The number of alkyl halides is 1. The van der Waals surface area contributed by atoms with Gasteiger partial charge in [-0.25, -0.2) is 0 Å². The molecule has 3 nitrogen and oxygen atoms in total. The van der Waals surface area contributed by atoms with Crippen LogP contribution in [0.3, 0.4) is 0 Å². The minimum atomic E-state index is -0.302. The number of ether oxygens (including phenoxy) is 2. The van der Waals surface area contributed by atoms with Gasteiger partial charge in [0.1, 0.15) is 0 Å². The van der Waals surface area contributed by atoms with Gasteiger partial charge in [-0.1, -0.05) is 15.9 Å². The van der Waals surface area contributed by atoms with E-state index in [2.05, 4.69) is 22.0 Å². The first kappa shape index (κ1) is 8.90. The molecule has 1 saturated heterocycles. The smallest absolute Gasteiger partial charge is 0.187 e. The van der Waals surface area contributed by atoms with Gasteiger partial charge in [-0.2, -0.15) is 5.26 Å². The largest absolute Gasteiger partial charge is 0.346 e. The standard InChI is InChI=1S/C13H12BrNO2/c14-12-7-5-6(7)11(1-2-15)9(10(11)12)8(5)13(12)16-3-4-17-13/h5-10H,1,3-4H2/t5-,6+,7-,8-,9+,10-,11-,12-/m0/s1. The third kappa shape index (κ3) is 0.505. The minimum Gasteiger partial charge on any atom is -0.346 e. The van der Waals surface area contributed by atoms with Gasteiger partial charge in [0.15, 0.2) is 5.79 Å². The molecule has 1 aliphatic heterocycles. The summed E-state index contributed by atoms with van der Waals surface area (Å²) >= 11 is 4.05. The van der Waals surface area contributed by atoms with Crippen LogP contribution in [0.15, 0.2) is 0 Å². The van der Waals surface area contributed by atoms with E-state index in [0.717, 1.165) is 43.3 Å². The quantitative estimate of drug-likeness (QED) is 0.689. The molecule has 0 aromatic carbocycles. The summed E-state index contributed by atoms with van der Waals surface area (Å²) in [7, 11) is 0. The number of halogens is 1. The lowest BCUT2D eigenvalue weighted by molar-refractivity contribution is -0.192. The van der Waals surface area contributed by atoms with Crippen molar-refractivity contribution in [1.29, 1.82) is 5.26 Å². The molecule has 0 N–H and O–H groups in total. The molecule has 0 radical (unpaired) electrons. The highest BCUT2D eigenvalue weighted by atomic mass is 79.9. The lowest BCUT2D eigenvalue weighted by Gasteiger charge is -2.37. The van der Waals surface area contributed by atoms with Crippen LogP contribution >= 0.6 is 15.9 Å². The number of nitriles is 1. The lowest BCUT2D eigenvalue weighted by atomic mass is 9.92. The maximum absolute atomic E-state index is 9.11. The van der Waals surface area contributed by atoms with Crippen molar-refractivity contribution in [2.75, 3.05) is 13.2 Å². The van der Waals surface area contributed by atoms with Crippen LogP contribution in [0.2, 0.25) is 0 Å². The molecule has 7 fully saturated rings. The third-order valence-electron chi connectivity index (χ3n) is 6.96. The molecule has 1 heterocycles. The molecule has 8 atom stereocenters. The Hall–Kier alpha value is -0.110. The van der Waals surface area contributed by atoms with Crippen LogP contribution in [0.25, 0.3) is 0 Å². The zero-order chi connectivity index (χ0) is 11.2. The van der Waals surface area contributed by atoms with Gasteiger partial charge in [-0.05, 0) is 35.0 Å². The van der Waals surface area contributed by atoms with Gasteiger partial charge in [-0.3, -0.25) is 0 Å². The molecule has 7 aliphatic rings. The Bertz CT molecular complexity index is 524. The van der Waals surface area contributed by atoms with Crippen molar-refractivity contribution in [2.24, 2.45) is 40.9 Å². The maximum Gasteiger partial charge on any atom is 0.187 e. The Morgan fingerprint density at radius 2 is 1.94 bits per heavy atom. The molecule has 17 heavy (non-hydrogen) atoms. The fraction of sp³-hybridized carbons (Fsp3) is 0.923. The first-order valence-corrected chi connectivity index (χ1v) is 7.38. The van der Waals surface area contributed by atoms with Crippen LogP contribution in [-0.4, -0.2) is 23.3 Å². The average Bonchev–Trinajstić information content (AvgIpc) is 2.99. The van der Waals surface area contributed by atoms with Gasteiger partial charge in [0, 0.05) is 12.3 Å². The van der Waals surface area contributed by atoms with E-state index in [9.17, 15) is 0 Å². The first-order chi connectivity index (χ1) is 8.25. The third-order valence-corrected chi connectivity index (χ3v) is 8.53. The fourth-order valence-electron chi connectivity index (χ4n) is 7.09. The molecule has 4 heteroatoms. The molecular weight excluding hydrogens is 282 g/mol. The molecule has 6 saturated carbocycles. The van der Waals surface area contributed by atoms with E-state index >= 15 is 0 Å². The molecule has 1 spiro atoms. The van der Waals surface area contributed by atoms with E-state index in [1.165, 1.54) is 0 Å². The highest BCUT2D eigenvalue weighted by molar-refractivity contribution is 9.10. The number of hydrogen-bond acceptors (Lipinski definition) is 3. The van der Waals surface area contributed by atoms with Crippen molar-refractivity contribution in [1.82, 2.24) is 0 Å². The maximum atomic E-state index is 9.11. The first-order valence-electron chi connectivity index (χ1n) is 6.59. The van der Waals surface area contributed by atoms with Crippen molar-refractivity contribution in [3.8, 4) is 6.07 Å². The monoisotopic (exact) mass is 293 g/mol. The average molecular weight is 294 g/mol. The van der Waals surface area contributed by atoms with E-state index < -0.39 is 0 Å². The van der Waals surface area contributed by atoms with E-state index in [1.807, 2.05) is 0 Å². The van der Waals surface area contributed by atoms with Crippen LogP contribution < -0.4 is 0 Å². The summed E-state index contributed by atoms with van der Waals surface area (Å²) in [5, 5.41) is 9.11. The predicted molar refractivity (Wildman–Crippen MR) is 59.9 cm³/mol. The van der Waals surface area contributed by atoms with Gasteiger partial charge in [0.25, 0.3) is 0 Å². The summed E-state index contributed by atoms with van der Waals surface area (Å²) in [4.78, 5) is 0. The summed E-state index contributed by atoms with van der Waals surface area (Å²) in [5.41, 5.74) is 0.374.